The molecule has 0 bridgehead atoms. The van der Waals surface area contributed by atoms with Crippen LogP contribution in [0.15, 0.2) is 85.0 Å². The molecule has 0 radical (unpaired) electrons. The van der Waals surface area contributed by atoms with Crippen LogP contribution in [0.2, 0.25) is 0 Å². The average molecular weight is 701 g/mol. The molecule has 51 heavy (non-hydrogen) atoms. The van der Waals surface area contributed by atoms with E-state index in [9.17, 15) is 9.59 Å². The van der Waals surface area contributed by atoms with Crippen LogP contribution in [0.3, 0.4) is 0 Å². The van der Waals surface area contributed by atoms with Crippen LogP contribution in [-0.4, -0.2) is 49.1 Å². The Morgan fingerprint density at radius 1 is 0.882 bits per heavy atom. The summed E-state index contributed by atoms with van der Waals surface area (Å²) in [6.45, 7) is 12.8. The van der Waals surface area contributed by atoms with E-state index in [0.717, 1.165) is 29.0 Å². The molecule has 1 aliphatic rings. The summed E-state index contributed by atoms with van der Waals surface area (Å²) < 4.78 is 25.4. The van der Waals surface area contributed by atoms with E-state index >= 15 is 4.39 Å². The number of aliphatic hydroxyl groups excluding tert-OH is 2. The summed E-state index contributed by atoms with van der Waals surface area (Å²) in [4.78, 5) is 22.7. The van der Waals surface area contributed by atoms with Gasteiger partial charge in [0.25, 0.3) is 6.47 Å². The predicted octanol–water partition coefficient (Wildman–Crippen LogP) is 9.55. The first kappa shape index (κ1) is 41.4. The Morgan fingerprint density at radius 2 is 1.53 bits per heavy atom. The Balaban J connectivity index is 0.00000131. The fraction of sp³-hybridized carbons (Fsp3) is 0.455. The molecule has 3 aromatic carbocycles. The number of hydrogen-bond donors (Lipinski definition) is 2. The van der Waals surface area contributed by atoms with Crippen molar-refractivity contribution in [3.8, 4) is 22.3 Å². The summed E-state index contributed by atoms with van der Waals surface area (Å²) in [6.07, 6.45) is 11.8. The van der Waals surface area contributed by atoms with Crippen LogP contribution in [0.4, 0.5) is 4.39 Å². The molecule has 0 saturated heterocycles. The largest absolute Gasteiger partial charge is 0.467 e. The summed E-state index contributed by atoms with van der Waals surface area (Å²) in [5.74, 6) is -0.00309. The lowest BCUT2D eigenvalue weighted by atomic mass is 9.77. The predicted molar refractivity (Wildman–Crippen MR) is 204 cm³/mol. The number of aliphatic hydroxyl groups is 2. The molecular weight excluding hydrogens is 643 g/mol. The van der Waals surface area contributed by atoms with Crippen molar-refractivity contribution in [3.05, 3.63) is 107 Å². The van der Waals surface area contributed by atoms with Gasteiger partial charge in [-0.15, -0.1) is 0 Å². The molecule has 0 heterocycles. The van der Waals surface area contributed by atoms with Crippen LogP contribution in [0.5, 0.6) is 0 Å². The Bertz CT molecular complexity index is 1550. The minimum Gasteiger partial charge on any atom is -0.467 e. The lowest BCUT2D eigenvalue weighted by Gasteiger charge is -2.29. The van der Waals surface area contributed by atoms with Crippen LogP contribution in [-0.2, 0) is 31.9 Å². The van der Waals surface area contributed by atoms with Crippen molar-refractivity contribution in [2.24, 2.45) is 11.8 Å². The molecule has 1 aliphatic carbocycles. The second-order valence-corrected chi connectivity index (χ2v) is 13.8. The molecule has 0 aliphatic heterocycles. The lowest BCUT2D eigenvalue weighted by Crippen LogP contribution is -2.22. The molecule has 6 nitrogen and oxygen atoms in total. The summed E-state index contributed by atoms with van der Waals surface area (Å²) in [7, 11) is 0. The van der Waals surface area contributed by atoms with Gasteiger partial charge in [-0.1, -0.05) is 113 Å². The van der Waals surface area contributed by atoms with E-state index in [-0.39, 0.29) is 37.6 Å². The van der Waals surface area contributed by atoms with Gasteiger partial charge in [0.1, 0.15) is 5.82 Å². The van der Waals surface area contributed by atoms with Crippen molar-refractivity contribution in [3.63, 3.8) is 0 Å². The van der Waals surface area contributed by atoms with Gasteiger partial charge < -0.3 is 19.7 Å². The number of carbonyl (C=O) groups excluding carboxylic acids is 2. The van der Waals surface area contributed by atoms with Crippen LogP contribution < -0.4 is 0 Å². The summed E-state index contributed by atoms with van der Waals surface area (Å²) in [5, 5.41) is 17.1. The number of unbranched alkanes of at least 4 members (excludes halogenated alkanes) is 2. The smallest absolute Gasteiger partial charge is 0.335 e. The van der Waals surface area contributed by atoms with Crippen molar-refractivity contribution in [1.29, 1.82) is 0 Å². The van der Waals surface area contributed by atoms with Gasteiger partial charge in [-0.25, -0.2) is 9.18 Å². The fourth-order valence-corrected chi connectivity index (χ4v) is 6.65. The molecule has 0 spiro atoms. The highest BCUT2D eigenvalue weighted by atomic mass is 19.1. The van der Waals surface area contributed by atoms with E-state index in [1.54, 1.807) is 13.0 Å². The quantitative estimate of drug-likeness (QED) is 0.0452. The first-order chi connectivity index (χ1) is 24.6. The van der Waals surface area contributed by atoms with E-state index in [0.29, 0.717) is 18.0 Å². The van der Waals surface area contributed by atoms with Gasteiger partial charge in [0, 0.05) is 5.92 Å². The molecular formula is C44H57FO6. The normalized spacial score (nSPS) is 16.0. The van der Waals surface area contributed by atoms with Gasteiger partial charge in [-0.05, 0) is 102 Å². The van der Waals surface area contributed by atoms with E-state index in [1.165, 1.54) is 79.7 Å². The second-order valence-electron chi connectivity index (χ2n) is 13.8. The Kier molecular flexibility index (Phi) is 17.8. The summed E-state index contributed by atoms with van der Waals surface area (Å²) in [5.41, 5.74) is 7.94. The van der Waals surface area contributed by atoms with Crippen molar-refractivity contribution in [1.82, 2.24) is 0 Å². The maximum Gasteiger partial charge on any atom is 0.335 e. The number of halogens is 1. The van der Waals surface area contributed by atoms with E-state index in [1.807, 2.05) is 12.1 Å². The minimum atomic E-state index is -0.740. The maximum absolute atomic E-state index is 15.3. The zero-order valence-electron chi connectivity index (χ0n) is 30.8. The van der Waals surface area contributed by atoms with Gasteiger partial charge in [0.15, 0.2) is 0 Å². The summed E-state index contributed by atoms with van der Waals surface area (Å²) in [6, 6.07) is 20.6. The molecule has 3 aromatic rings. The fourth-order valence-electron chi connectivity index (χ4n) is 6.65. The van der Waals surface area contributed by atoms with E-state index in [2.05, 4.69) is 63.4 Å². The van der Waals surface area contributed by atoms with Crippen molar-refractivity contribution < 1.29 is 33.7 Å². The standard InChI is InChI=1S/C40H49FO5.C4H8O/c1-4-6-7-8-29-9-11-32(12-10-29)33-13-15-34(16-14-33)38-20-19-35(22-31(38)5-2)36-17-18-37(39(41)23-36)21-30(25-45-27-43)26-46-40(44)28(3)24-42;1-4(2)3-5/h13-20,22-23,27,29-30,32,42H,3-12,21,24-26H2,1-2H3;5H,1,3H2,2H3. The molecule has 0 aromatic heterocycles. The SMILES string of the molecule is C=C(C)CO.C=C(CO)C(=O)OCC(COC=O)Cc1ccc(-c2ccc(-c3ccc(C4CCC(CCCCC)CC4)cc3)c(CC)c2)cc1F. The first-order valence-corrected chi connectivity index (χ1v) is 18.4. The molecule has 4 rings (SSSR count). The molecule has 2 N–H and O–H groups in total. The molecule has 7 heteroatoms. The number of carbonyl (C=O) groups is 2. The topological polar surface area (TPSA) is 93.1 Å². The van der Waals surface area contributed by atoms with Crippen LogP contribution in [0, 0.1) is 17.7 Å². The zero-order valence-corrected chi connectivity index (χ0v) is 30.8. The number of esters is 1. The Labute approximate surface area is 304 Å². The van der Waals surface area contributed by atoms with Crippen LogP contribution >= 0.6 is 0 Å². The van der Waals surface area contributed by atoms with Gasteiger partial charge in [-0.2, -0.15) is 0 Å². The lowest BCUT2D eigenvalue weighted by molar-refractivity contribution is -0.142. The third-order valence-corrected chi connectivity index (χ3v) is 9.74. The van der Waals surface area contributed by atoms with Crippen molar-refractivity contribution in [2.45, 2.75) is 90.9 Å². The third kappa shape index (κ3) is 13.2. The first-order valence-electron chi connectivity index (χ1n) is 18.4. The van der Waals surface area contributed by atoms with Gasteiger partial charge in [0.2, 0.25) is 0 Å². The maximum atomic E-state index is 15.3. The second kappa shape index (κ2) is 22.0. The summed E-state index contributed by atoms with van der Waals surface area (Å²) >= 11 is 0. The van der Waals surface area contributed by atoms with Crippen molar-refractivity contribution >= 4 is 12.4 Å². The van der Waals surface area contributed by atoms with Crippen LogP contribution in [0.1, 0.15) is 94.7 Å². The molecule has 1 unspecified atom stereocenters. The highest BCUT2D eigenvalue weighted by Gasteiger charge is 2.22. The molecule has 1 saturated carbocycles. The van der Waals surface area contributed by atoms with E-state index < -0.39 is 18.5 Å². The number of rotatable bonds is 18. The molecule has 1 atom stereocenters. The Morgan fingerprint density at radius 3 is 2.12 bits per heavy atom. The average Bonchev–Trinajstić information content (AvgIpc) is 3.16. The molecule has 276 valence electrons. The number of aryl methyl sites for hydroxylation is 1. The highest BCUT2D eigenvalue weighted by Crippen LogP contribution is 2.39. The molecule has 1 fully saturated rings. The number of hydrogen-bond acceptors (Lipinski definition) is 6. The van der Waals surface area contributed by atoms with Gasteiger partial charge in [-0.3, -0.25) is 4.79 Å². The third-order valence-electron chi connectivity index (χ3n) is 9.74. The minimum absolute atomic E-state index is 0.0356. The molecule has 0 amide bonds. The highest BCUT2D eigenvalue weighted by molar-refractivity contribution is 5.87. The number of benzene rings is 3. The zero-order chi connectivity index (χ0) is 37.2. The van der Waals surface area contributed by atoms with Crippen molar-refractivity contribution in [2.75, 3.05) is 26.4 Å². The monoisotopic (exact) mass is 700 g/mol. The van der Waals surface area contributed by atoms with E-state index in [4.69, 9.17) is 19.7 Å². The Hall–Kier alpha value is -4.07. The van der Waals surface area contributed by atoms with Gasteiger partial charge in [0.05, 0.1) is 32.0 Å². The number of ether oxygens (including phenoxy) is 2. The van der Waals surface area contributed by atoms with Gasteiger partial charge >= 0.3 is 5.97 Å². The van der Waals surface area contributed by atoms with Crippen LogP contribution in [0.25, 0.3) is 22.3 Å².